The number of ether oxygens (including phenoxy) is 1. The molecule has 0 spiro atoms. The van der Waals surface area contributed by atoms with E-state index in [1.54, 1.807) is 6.07 Å². The Labute approximate surface area is 113 Å². The molecule has 2 heterocycles. The van der Waals surface area contributed by atoms with Crippen LogP contribution in [0, 0.1) is 0 Å². The van der Waals surface area contributed by atoms with Gasteiger partial charge >= 0.3 is 6.18 Å². The van der Waals surface area contributed by atoms with Crippen LogP contribution >= 0.6 is 0 Å². The van der Waals surface area contributed by atoms with Gasteiger partial charge < -0.3 is 10.5 Å². The summed E-state index contributed by atoms with van der Waals surface area (Å²) in [4.78, 5) is 7.90. The molecule has 2 rings (SSSR count). The van der Waals surface area contributed by atoms with Gasteiger partial charge in [-0.15, -0.1) is 0 Å². The first-order valence-electron chi connectivity index (χ1n) is 5.69. The summed E-state index contributed by atoms with van der Waals surface area (Å²) in [5.41, 5.74) is 7.18. The van der Waals surface area contributed by atoms with Crippen molar-refractivity contribution in [2.45, 2.75) is 12.3 Å². The van der Waals surface area contributed by atoms with E-state index in [9.17, 15) is 13.2 Å². The highest BCUT2D eigenvalue weighted by molar-refractivity contribution is 5.72. The van der Waals surface area contributed by atoms with Crippen LogP contribution in [0.2, 0.25) is 0 Å². The molecule has 0 amide bonds. The Morgan fingerprint density at radius 2 is 1.95 bits per heavy atom. The zero-order valence-corrected chi connectivity index (χ0v) is 10.6. The molecular weight excluding hydrogens is 271 g/mol. The van der Waals surface area contributed by atoms with Crippen molar-refractivity contribution in [2.75, 3.05) is 12.8 Å². The van der Waals surface area contributed by atoms with E-state index >= 15 is 0 Å². The minimum Gasteiger partial charge on any atom is -0.398 e. The fourth-order valence-electron chi connectivity index (χ4n) is 1.80. The maximum Gasteiger partial charge on any atom is 0.418 e. The Morgan fingerprint density at radius 1 is 1.20 bits per heavy atom. The molecule has 106 valence electrons. The number of nitrogens with two attached hydrogens (primary N) is 1. The van der Waals surface area contributed by atoms with E-state index in [0.717, 1.165) is 13.3 Å². The third kappa shape index (κ3) is 2.88. The molecule has 0 fully saturated rings. The SMILES string of the molecule is COC(c1ccc(-c2cnccc2N)nc1)C(F)(F)F. The molecule has 20 heavy (non-hydrogen) atoms. The smallest absolute Gasteiger partial charge is 0.398 e. The van der Waals surface area contributed by atoms with Crippen molar-refractivity contribution >= 4 is 5.69 Å². The van der Waals surface area contributed by atoms with Gasteiger partial charge in [-0.25, -0.2) is 0 Å². The molecule has 1 unspecified atom stereocenters. The van der Waals surface area contributed by atoms with Crippen LogP contribution < -0.4 is 5.73 Å². The van der Waals surface area contributed by atoms with E-state index in [1.807, 2.05) is 0 Å². The number of methoxy groups -OCH3 is 1. The highest BCUT2D eigenvalue weighted by Gasteiger charge is 2.41. The highest BCUT2D eigenvalue weighted by atomic mass is 19.4. The largest absolute Gasteiger partial charge is 0.418 e. The summed E-state index contributed by atoms with van der Waals surface area (Å²) < 4.78 is 42.6. The van der Waals surface area contributed by atoms with E-state index in [1.165, 1.54) is 24.5 Å². The van der Waals surface area contributed by atoms with Gasteiger partial charge in [0.15, 0.2) is 6.10 Å². The number of aromatic nitrogens is 2. The van der Waals surface area contributed by atoms with E-state index in [-0.39, 0.29) is 5.56 Å². The molecule has 0 radical (unpaired) electrons. The second-order valence-corrected chi connectivity index (χ2v) is 4.10. The zero-order valence-electron chi connectivity index (χ0n) is 10.6. The number of nitrogens with zero attached hydrogens (tertiary/aromatic N) is 2. The average Bonchev–Trinajstić information content (AvgIpc) is 2.39. The summed E-state index contributed by atoms with van der Waals surface area (Å²) in [6.07, 6.45) is -2.31. The monoisotopic (exact) mass is 283 g/mol. The van der Waals surface area contributed by atoms with Gasteiger partial charge in [0.05, 0.1) is 5.69 Å². The maximum absolute atomic E-state index is 12.7. The predicted molar refractivity (Wildman–Crippen MR) is 67.7 cm³/mol. The lowest BCUT2D eigenvalue weighted by molar-refractivity contribution is -0.216. The van der Waals surface area contributed by atoms with E-state index in [4.69, 9.17) is 5.73 Å². The number of anilines is 1. The molecule has 0 aliphatic carbocycles. The number of alkyl halides is 3. The minimum atomic E-state index is -4.48. The standard InChI is InChI=1S/C13H12F3N3O/c1-20-12(13(14,15)16)8-2-3-11(19-6-8)9-7-18-5-4-10(9)17/h2-7,12H,1H3,(H2,17,18). The Morgan fingerprint density at radius 3 is 2.45 bits per heavy atom. The minimum absolute atomic E-state index is 0.0637. The quantitative estimate of drug-likeness (QED) is 0.940. The number of rotatable bonds is 3. The summed E-state index contributed by atoms with van der Waals surface area (Å²) in [5.74, 6) is 0. The number of nitrogen functional groups attached to an aromatic ring is 1. The summed E-state index contributed by atoms with van der Waals surface area (Å²) in [7, 11) is 1.01. The van der Waals surface area contributed by atoms with Gasteiger partial charge in [-0.2, -0.15) is 13.2 Å². The molecule has 0 aromatic carbocycles. The summed E-state index contributed by atoms with van der Waals surface area (Å²) in [6, 6.07) is 4.37. The van der Waals surface area contributed by atoms with Crippen molar-refractivity contribution in [3.63, 3.8) is 0 Å². The van der Waals surface area contributed by atoms with Crippen molar-refractivity contribution in [1.82, 2.24) is 9.97 Å². The van der Waals surface area contributed by atoms with Crippen LogP contribution in [-0.4, -0.2) is 23.3 Å². The molecule has 4 nitrogen and oxygen atoms in total. The molecule has 0 bridgehead atoms. The summed E-state index contributed by atoms with van der Waals surface area (Å²) in [5, 5.41) is 0. The average molecular weight is 283 g/mol. The second-order valence-electron chi connectivity index (χ2n) is 4.10. The lowest BCUT2D eigenvalue weighted by atomic mass is 10.1. The molecule has 2 N–H and O–H groups in total. The van der Waals surface area contributed by atoms with Crippen molar-refractivity contribution < 1.29 is 17.9 Å². The molecule has 7 heteroatoms. The Balaban J connectivity index is 2.33. The number of pyridine rings is 2. The molecule has 0 saturated carbocycles. The van der Waals surface area contributed by atoms with Crippen LogP contribution in [0.5, 0.6) is 0 Å². The molecule has 0 aliphatic rings. The normalized spacial score (nSPS) is 13.2. The van der Waals surface area contributed by atoms with E-state index in [0.29, 0.717) is 16.9 Å². The molecular formula is C13H12F3N3O. The lowest BCUT2D eigenvalue weighted by Crippen LogP contribution is -2.22. The summed E-state index contributed by atoms with van der Waals surface area (Å²) >= 11 is 0. The van der Waals surface area contributed by atoms with Gasteiger partial charge in [-0.3, -0.25) is 9.97 Å². The molecule has 0 saturated heterocycles. The van der Waals surface area contributed by atoms with Crippen LogP contribution in [0.25, 0.3) is 11.3 Å². The van der Waals surface area contributed by atoms with Crippen molar-refractivity contribution in [1.29, 1.82) is 0 Å². The van der Waals surface area contributed by atoms with Gasteiger partial charge in [0.2, 0.25) is 0 Å². The van der Waals surface area contributed by atoms with Gasteiger partial charge in [0.25, 0.3) is 0 Å². The number of hydrogen-bond donors (Lipinski definition) is 1. The Hall–Kier alpha value is -2.15. The topological polar surface area (TPSA) is 61.0 Å². The molecule has 0 aliphatic heterocycles. The van der Waals surface area contributed by atoms with Crippen LogP contribution in [0.15, 0.2) is 36.8 Å². The van der Waals surface area contributed by atoms with Crippen molar-refractivity contribution in [3.8, 4) is 11.3 Å². The summed E-state index contributed by atoms with van der Waals surface area (Å²) in [6.45, 7) is 0. The first kappa shape index (κ1) is 14.3. The Bertz CT molecular complexity index is 584. The first-order chi connectivity index (χ1) is 9.43. The van der Waals surface area contributed by atoms with Gasteiger partial charge in [-0.05, 0) is 12.1 Å². The van der Waals surface area contributed by atoms with Crippen LogP contribution in [0.1, 0.15) is 11.7 Å². The number of hydrogen-bond acceptors (Lipinski definition) is 4. The molecule has 2 aromatic heterocycles. The fourth-order valence-corrected chi connectivity index (χ4v) is 1.80. The van der Waals surface area contributed by atoms with Crippen molar-refractivity contribution in [3.05, 3.63) is 42.4 Å². The van der Waals surface area contributed by atoms with E-state index < -0.39 is 12.3 Å². The highest BCUT2D eigenvalue weighted by Crippen LogP contribution is 2.35. The molecule has 2 aromatic rings. The second kappa shape index (κ2) is 5.46. The number of halogens is 3. The third-order valence-corrected chi connectivity index (χ3v) is 2.75. The van der Waals surface area contributed by atoms with Gasteiger partial charge in [-0.1, -0.05) is 6.07 Å². The van der Waals surface area contributed by atoms with Gasteiger partial charge in [0, 0.05) is 42.5 Å². The first-order valence-corrected chi connectivity index (χ1v) is 5.69. The van der Waals surface area contributed by atoms with Crippen LogP contribution in [0.4, 0.5) is 18.9 Å². The Kier molecular flexibility index (Phi) is 3.89. The van der Waals surface area contributed by atoms with Crippen LogP contribution in [0.3, 0.4) is 0 Å². The molecule has 1 atom stereocenters. The fraction of sp³-hybridized carbons (Fsp3) is 0.231. The maximum atomic E-state index is 12.7. The zero-order chi connectivity index (χ0) is 14.8. The lowest BCUT2D eigenvalue weighted by Gasteiger charge is -2.18. The van der Waals surface area contributed by atoms with Crippen molar-refractivity contribution in [2.24, 2.45) is 0 Å². The van der Waals surface area contributed by atoms with Crippen LogP contribution in [-0.2, 0) is 4.74 Å². The predicted octanol–water partition coefficient (Wildman–Crippen LogP) is 2.98. The third-order valence-electron chi connectivity index (χ3n) is 2.75. The van der Waals surface area contributed by atoms with E-state index in [2.05, 4.69) is 14.7 Å². The van der Waals surface area contributed by atoms with Gasteiger partial charge in [0.1, 0.15) is 0 Å².